The molecule has 1 atom stereocenters. The summed E-state index contributed by atoms with van der Waals surface area (Å²) >= 11 is 0. The van der Waals surface area contributed by atoms with Gasteiger partial charge in [-0.25, -0.2) is 9.78 Å². The summed E-state index contributed by atoms with van der Waals surface area (Å²) in [5, 5.41) is 11.8. The lowest BCUT2D eigenvalue weighted by Gasteiger charge is -2.24. The smallest absolute Gasteiger partial charge is 0.349 e. The summed E-state index contributed by atoms with van der Waals surface area (Å²) in [7, 11) is -8.45. The molecule has 236 valence electrons. The number of hydrogen-bond donors (Lipinski definition) is 5. The number of rotatable bonds is 14. The number of anilines is 1. The van der Waals surface area contributed by atoms with Gasteiger partial charge in [0.05, 0.1) is 11.5 Å². The largest absolute Gasteiger partial charge is 0.480 e. The molecule has 0 fully saturated rings. The maximum Gasteiger partial charge on any atom is 0.349 e. The van der Waals surface area contributed by atoms with Gasteiger partial charge in [0.2, 0.25) is 5.89 Å². The average Bonchev–Trinajstić information content (AvgIpc) is 3.36. The van der Waals surface area contributed by atoms with Gasteiger partial charge in [-0.3, -0.25) is 18.7 Å². The van der Waals surface area contributed by atoms with Crippen molar-refractivity contribution in [1.29, 1.82) is 0 Å². The summed E-state index contributed by atoms with van der Waals surface area (Å²) in [6.45, 7) is -0.0776. The van der Waals surface area contributed by atoms with Crippen LogP contribution in [-0.2, 0) is 25.0 Å². The first-order valence-electron chi connectivity index (χ1n) is 13.0. The number of carbonyl (C=O) groups excluding carboxylic acids is 1. The molecule has 2 heterocycles. The molecule has 4 aromatic rings. The molecule has 1 unspecified atom stereocenters. The minimum absolute atomic E-state index is 0.0157. The normalized spacial score (nSPS) is 12.8. The van der Waals surface area contributed by atoms with E-state index in [4.69, 9.17) is 28.8 Å². The third kappa shape index (κ3) is 8.60. The minimum Gasteiger partial charge on any atom is -0.480 e. The number of hydrogen-bond acceptors (Lipinski definition) is 12. The quantitative estimate of drug-likeness (QED) is 0.0943. The second kappa shape index (κ2) is 13.1. The first-order chi connectivity index (χ1) is 20.6. The van der Waals surface area contributed by atoms with Gasteiger partial charge in [-0.15, -0.1) is 0 Å². The average molecular weight is 653 g/mol. The molecule has 6 N–H and O–H groups in total. The molecule has 4 rings (SSSR count). The standard InChI is InChI=1S/C26H28N4O12S2/c27-19(25(32)33)14-28-23(31)16-4-6-21-20(12-16)29-24(41-21)18-11-15-3-5-17(13-22(15)42-26(18)34)30(7-1-9-43(35,36)37)8-2-10-44(38,39)40/h3-6,11-13,19H,1-2,7-10,14,27H2,(H,28,31)(H,32,33)(H,35,36,37)(H,38,39,40). The van der Waals surface area contributed by atoms with E-state index in [-0.39, 0.29) is 66.2 Å². The predicted molar refractivity (Wildman–Crippen MR) is 158 cm³/mol. The fourth-order valence-corrected chi connectivity index (χ4v) is 5.26. The Bertz CT molecular complexity index is 1950. The topological polar surface area (TPSA) is 261 Å². The summed E-state index contributed by atoms with van der Waals surface area (Å²) in [5.41, 5.74) is 5.88. The Morgan fingerprint density at radius 1 is 0.932 bits per heavy atom. The van der Waals surface area contributed by atoms with E-state index >= 15 is 0 Å². The van der Waals surface area contributed by atoms with Gasteiger partial charge in [-0.05, 0) is 49.2 Å². The number of oxazole rings is 1. The highest BCUT2D eigenvalue weighted by molar-refractivity contribution is 7.86. The first kappa shape index (κ1) is 32.6. The van der Waals surface area contributed by atoms with E-state index in [1.807, 2.05) is 0 Å². The van der Waals surface area contributed by atoms with E-state index in [1.165, 1.54) is 30.3 Å². The van der Waals surface area contributed by atoms with E-state index in [1.54, 1.807) is 17.0 Å². The van der Waals surface area contributed by atoms with E-state index in [9.17, 15) is 31.2 Å². The number of amides is 1. The lowest BCUT2D eigenvalue weighted by molar-refractivity contribution is -0.138. The zero-order chi connectivity index (χ0) is 32.2. The Labute approximate surface area is 250 Å². The zero-order valence-corrected chi connectivity index (χ0v) is 24.5. The second-order valence-electron chi connectivity index (χ2n) is 9.79. The molecule has 0 spiro atoms. The Hall–Kier alpha value is -4.36. The molecule has 0 radical (unpaired) electrons. The van der Waals surface area contributed by atoms with Crippen molar-refractivity contribution in [3.05, 3.63) is 58.4 Å². The number of aliphatic carboxylic acids is 1. The molecule has 2 aromatic carbocycles. The van der Waals surface area contributed by atoms with Gasteiger partial charge < -0.3 is 29.9 Å². The number of nitrogens with zero attached hydrogens (tertiary/aromatic N) is 2. The number of benzene rings is 2. The van der Waals surface area contributed by atoms with Crippen molar-refractivity contribution in [1.82, 2.24) is 10.3 Å². The SMILES string of the molecule is NC(CNC(=O)c1ccc2oc(-c3cc4ccc(N(CCCS(=O)(=O)O)CCCS(=O)(=O)O)cc4oc3=O)nc2c1)C(=O)O. The number of carbonyl (C=O) groups is 2. The Kier molecular flexibility index (Phi) is 9.69. The molecule has 0 saturated carbocycles. The third-order valence-corrected chi connectivity index (χ3v) is 8.03. The van der Waals surface area contributed by atoms with Crippen molar-refractivity contribution >= 4 is 59.9 Å². The van der Waals surface area contributed by atoms with Crippen LogP contribution in [0.4, 0.5) is 5.69 Å². The molecule has 18 heteroatoms. The Morgan fingerprint density at radius 3 is 2.20 bits per heavy atom. The van der Waals surface area contributed by atoms with Gasteiger partial charge in [0.1, 0.15) is 22.7 Å². The van der Waals surface area contributed by atoms with Crippen molar-refractivity contribution < 1.29 is 49.5 Å². The van der Waals surface area contributed by atoms with Crippen LogP contribution in [0.15, 0.2) is 56.1 Å². The van der Waals surface area contributed by atoms with Gasteiger partial charge >= 0.3 is 11.6 Å². The highest BCUT2D eigenvalue weighted by Gasteiger charge is 2.19. The molecule has 1 amide bonds. The molecule has 44 heavy (non-hydrogen) atoms. The summed E-state index contributed by atoms with van der Waals surface area (Å²) in [6, 6.07) is 9.27. The predicted octanol–water partition coefficient (Wildman–Crippen LogP) is 1.11. The number of carboxylic acids is 1. The number of nitrogens with two attached hydrogens (primary N) is 1. The van der Waals surface area contributed by atoms with E-state index in [0.717, 1.165) is 0 Å². The Balaban J connectivity index is 1.58. The fraction of sp³-hybridized carbons (Fsp3) is 0.308. The molecule has 0 saturated heterocycles. The summed E-state index contributed by atoms with van der Waals surface area (Å²) in [4.78, 5) is 42.1. The summed E-state index contributed by atoms with van der Waals surface area (Å²) in [6.07, 6.45) is 0.0329. The number of carboxylic acid groups (broad SMARTS) is 1. The minimum atomic E-state index is -4.22. The van der Waals surface area contributed by atoms with Crippen LogP contribution in [0.2, 0.25) is 0 Å². The fourth-order valence-electron chi connectivity index (χ4n) is 4.27. The Morgan fingerprint density at radius 2 is 1.59 bits per heavy atom. The van der Waals surface area contributed by atoms with Gasteiger partial charge in [0.25, 0.3) is 26.1 Å². The highest BCUT2D eigenvalue weighted by atomic mass is 32.2. The van der Waals surface area contributed by atoms with E-state index in [0.29, 0.717) is 11.1 Å². The monoisotopic (exact) mass is 652 g/mol. The highest BCUT2D eigenvalue weighted by Crippen LogP contribution is 2.28. The zero-order valence-electron chi connectivity index (χ0n) is 22.9. The van der Waals surface area contributed by atoms with Crippen LogP contribution in [0, 0.1) is 0 Å². The molecule has 0 bridgehead atoms. The maximum absolute atomic E-state index is 12.9. The van der Waals surface area contributed by atoms with Crippen LogP contribution in [0.1, 0.15) is 23.2 Å². The van der Waals surface area contributed by atoms with Gasteiger partial charge in [0, 0.05) is 42.3 Å². The molecule has 0 aliphatic heterocycles. The van der Waals surface area contributed by atoms with E-state index < -0.39 is 55.3 Å². The van der Waals surface area contributed by atoms with Crippen LogP contribution in [0.25, 0.3) is 33.5 Å². The van der Waals surface area contributed by atoms with Gasteiger partial charge in [0.15, 0.2) is 5.58 Å². The van der Waals surface area contributed by atoms with E-state index in [2.05, 4.69) is 10.3 Å². The van der Waals surface area contributed by atoms with Crippen molar-refractivity contribution in [3.8, 4) is 11.5 Å². The van der Waals surface area contributed by atoms with Crippen LogP contribution in [0.5, 0.6) is 0 Å². The van der Waals surface area contributed by atoms with Crippen LogP contribution in [-0.4, -0.2) is 85.1 Å². The van der Waals surface area contributed by atoms with Crippen molar-refractivity contribution in [2.24, 2.45) is 5.73 Å². The summed E-state index contributed by atoms with van der Waals surface area (Å²) < 4.78 is 73.9. The maximum atomic E-state index is 12.9. The van der Waals surface area contributed by atoms with Crippen LogP contribution < -0.4 is 21.6 Å². The summed E-state index contributed by atoms with van der Waals surface area (Å²) in [5.74, 6) is -2.98. The molecular formula is C26H28N4O12S2. The molecular weight excluding hydrogens is 624 g/mol. The van der Waals surface area contributed by atoms with Crippen molar-refractivity contribution in [3.63, 3.8) is 0 Å². The number of fused-ring (bicyclic) bond motifs is 2. The lowest BCUT2D eigenvalue weighted by Crippen LogP contribution is -2.42. The van der Waals surface area contributed by atoms with Crippen LogP contribution >= 0.6 is 0 Å². The van der Waals surface area contributed by atoms with Gasteiger partial charge in [-0.2, -0.15) is 16.8 Å². The lowest BCUT2D eigenvalue weighted by atomic mass is 10.1. The number of aromatic nitrogens is 1. The molecule has 0 aliphatic rings. The first-order valence-corrected chi connectivity index (χ1v) is 16.2. The van der Waals surface area contributed by atoms with Gasteiger partial charge in [-0.1, -0.05) is 0 Å². The van der Waals surface area contributed by atoms with Crippen LogP contribution in [0.3, 0.4) is 0 Å². The van der Waals surface area contributed by atoms with Crippen molar-refractivity contribution in [2.75, 3.05) is 36.0 Å². The third-order valence-electron chi connectivity index (χ3n) is 6.43. The van der Waals surface area contributed by atoms with Crippen molar-refractivity contribution in [2.45, 2.75) is 18.9 Å². The molecule has 16 nitrogen and oxygen atoms in total. The molecule has 0 aliphatic carbocycles. The molecule has 2 aromatic heterocycles. The second-order valence-corrected chi connectivity index (χ2v) is 12.9. The number of nitrogens with one attached hydrogen (secondary N) is 1.